The second-order valence-electron chi connectivity index (χ2n) is 5.05. The van der Waals surface area contributed by atoms with Gasteiger partial charge in [-0.3, -0.25) is 4.90 Å². The Balaban J connectivity index is 1.95. The maximum Gasteiger partial charge on any atom is 0.140 e. The molecule has 4 nitrogen and oxygen atoms in total. The van der Waals surface area contributed by atoms with Gasteiger partial charge in [0.05, 0.1) is 11.4 Å². The Morgan fingerprint density at radius 2 is 2.06 bits per heavy atom. The Kier molecular flexibility index (Phi) is 3.06. The smallest absolute Gasteiger partial charge is 0.140 e. The second kappa shape index (κ2) is 4.71. The number of pyridine rings is 1. The van der Waals surface area contributed by atoms with Crippen molar-refractivity contribution in [2.24, 2.45) is 0 Å². The van der Waals surface area contributed by atoms with E-state index >= 15 is 0 Å². The standard InChI is InChI=1S/C14H20N4/c1-11-4-3-7-18-13(12(2)16-14(11)18)10-17-8-5-15-6-9-17/h3-4,7,15H,5-6,8-10H2,1-2H3. The van der Waals surface area contributed by atoms with Crippen LogP contribution in [0.3, 0.4) is 0 Å². The summed E-state index contributed by atoms with van der Waals surface area (Å²) >= 11 is 0. The van der Waals surface area contributed by atoms with E-state index in [1.54, 1.807) is 0 Å². The summed E-state index contributed by atoms with van der Waals surface area (Å²) in [5, 5.41) is 3.39. The fourth-order valence-electron chi connectivity index (χ4n) is 2.64. The summed E-state index contributed by atoms with van der Waals surface area (Å²) in [5.41, 5.74) is 4.82. The molecule has 1 N–H and O–H groups in total. The van der Waals surface area contributed by atoms with Crippen molar-refractivity contribution in [1.82, 2.24) is 19.6 Å². The molecule has 0 bridgehead atoms. The predicted molar refractivity (Wildman–Crippen MR) is 72.8 cm³/mol. The van der Waals surface area contributed by atoms with Crippen molar-refractivity contribution in [3.8, 4) is 0 Å². The van der Waals surface area contributed by atoms with E-state index in [2.05, 4.69) is 46.8 Å². The zero-order valence-corrected chi connectivity index (χ0v) is 11.1. The normalized spacial score (nSPS) is 17.4. The maximum absolute atomic E-state index is 4.70. The van der Waals surface area contributed by atoms with Gasteiger partial charge in [0.1, 0.15) is 5.65 Å². The lowest BCUT2D eigenvalue weighted by Crippen LogP contribution is -2.43. The number of nitrogens with zero attached hydrogens (tertiary/aromatic N) is 3. The minimum atomic E-state index is 0.998. The van der Waals surface area contributed by atoms with Gasteiger partial charge >= 0.3 is 0 Å². The van der Waals surface area contributed by atoms with Crippen molar-refractivity contribution >= 4 is 5.65 Å². The third-order valence-corrected chi connectivity index (χ3v) is 3.73. The predicted octanol–water partition coefficient (Wildman–Crippen LogP) is 1.36. The summed E-state index contributed by atoms with van der Waals surface area (Å²) in [4.78, 5) is 7.19. The van der Waals surface area contributed by atoms with Crippen molar-refractivity contribution in [2.75, 3.05) is 26.2 Å². The van der Waals surface area contributed by atoms with Gasteiger partial charge in [0.25, 0.3) is 0 Å². The highest BCUT2D eigenvalue weighted by Gasteiger charge is 2.15. The third kappa shape index (κ3) is 2.02. The molecule has 2 aromatic heterocycles. The van der Waals surface area contributed by atoms with Gasteiger partial charge in [-0.05, 0) is 25.5 Å². The average molecular weight is 244 g/mol. The summed E-state index contributed by atoms with van der Waals surface area (Å²) in [6.07, 6.45) is 2.12. The number of hydrogen-bond acceptors (Lipinski definition) is 3. The number of rotatable bonds is 2. The van der Waals surface area contributed by atoms with Gasteiger partial charge in [-0.2, -0.15) is 0 Å². The van der Waals surface area contributed by atoms with E-state index in [4.69, 9.17) is 4.98 Å². The molecule has 3 rings (SSSR count). The first-order valence-corrected chi connectivity index (χ1v) is 6.62. The largest absolute Gasteiger partial charge is 0.314 e. The fourth-order valence-corrected chi connectivity index (χ4v) is 2.64. The van der Waals surface area contributed by atoms with Gasteiger partial charge < -0.3 is 9.72 Å². The molecule has 3 heterocycles. The molecular formula is C14H20N4. The van der Waals surface area contributed by atoms with Crippen molar-refractivity contribution in [1.29, 1.82) is 0 Å². The van der Waals surface area contributed by atoms with E-state index in [1.807, 2.05) is 0 Å². The van der Waals surface area contributed by atoms with Crippen molar-refractivity contribution in [3.63, 3.8) is 0 Å². The molecule has 0 aromatic carbocycles. The number of aromatic nitrogens is 2. The minimum Gasteiger partial charge on any atom is -0.314 e. The van der Waals surface area contributed by atoms with Crippen LogP contribution in [-0.4, -0.2) is 40.5 Å². The lowest BCUT2D eigenvalue weighted by molar-refractivity contribution is 0.230. The van der Waals surface area contributed by atoms with Crippen LogP contribution in [0.25, 0.3) is 5.65 Å². The number of piperazine rings is 1. The van der Waals surface area contributed by atoms with Crippen LogP contribution in [0, 0.1) is 13.8 Å². The molecule has 2 aromatic rings. The van der Waals surface area contributed by atoms with Crippen molar-refractivity contribution < 1.29 is 0 Å². The summed E-state index contributed by atoms with van der Waals surface area (Å²) < 4.78 is 2.24. The zero-order valence-electron chi connectivity index (χ0n) is 11.1. The van der Waals surface area contributed by atoms with E-state index in [0.717, 1.165) is 44.1 Å². The number of hydrogen-bond donors (Lipinski definition) is 1. The molecule has 0 aliphatic carbocycles. The quantitative estimate of drug-likeness (QED) is 0.865. The van der Waals surface area contributed by atoms with E-state index < -0.39 is 0 Å². The van der Waals surface area contributed by atoms with Crippen LogP contribution < -0.4 is 5.32 Å². The van der Waals surface area contributed by atoms with Crippen LogP contribution in [0.5, 0.6) is 0 Å². The van der Waals surface area contributed by atoms with E-state index in [-0.39, 0.29) is 0 Å². The highest BCUT2D eigenvalue weighted by Crippen LogP contribution is 2.17. The third-order valence-electron chi connectivity index (χ3n) is 3.73. The first-order valence-electron chi connectivity index (χ1n) is 6.62. The molecule has 0 saturated carbocycles. The van der Waals surface area contributed by atoms with Gasteiger partial charge in [0.15, 0.2) is 0 Å². The molecule has 0 atom stereocenters. The molecule has 0 spiro atoms. The molecule has 0 unspecified atom stereocenters. The van der Waals surface area contributed by atoms with E-state index in [9.17, 15) is 0 Å². The van der Waals surface area contributed by atoms with Crippen molar-refractivity contribution in [3.05, 3.63) is 35.3 Å². The van der Waals surface area contributed by atoms with Gasteiger partial charge in [-0.25, -0.2) is 4.98 Å². The second-order valence-corrected chi connectivity index (χ2v) is 5.05. The summed E-state index contributed by atoms with van der Waals surface area (Å²) in [6, 6.07) is 4.22. The highest BCUT2D eigenvalue weighted by molar-refractivity contribution is 5.50. The summed E-state index contributed by atoms with van der Waals surface area (Å²) in [6.45, 7) is 9.67. The van der Waals surface area contributed by atoms with Crippen LogP contribution >= 0.6 is 0 Å². The van der Waals surface area contributed by atoms with Gasteiger partial charge in [-0.1, -0.05) is 6.07 Å². The summed E-state index contributed by atoms with van der Waals surface area (Å²) in [5.74, 6) is 0. The number of nitrogens with one attached hydrogen (secondary N) is 1. The Labute approximate surface area is 108 Å². The molecule has 18 heavy (non-hydrogen) atoms. The number of fused-ring (bicyclic) bond motifs is 1. The van der Waals surface area contributed by atoms with Crippen molar-refractivity contribution in [2.45, 2.75) is 20.4 Å². The highest BCUT2D eigenvalue weighted by atomic mass is 15.2. The molecule has 1 fully saturated rings. The molecule has 1 saturated heterocycles. The van der Waals surface area contributed by atoms with Crippen LogP contribution in [-0.2, 0) is 6.54 Å². The first kappa shape index (κ1) is 11.7. The number of aryl methyl sites for hydroxylation is 2. The average Bonchev–Trinajstić information content (AvgIpc) is 2.70. The van der Waals surface area contributed by atoms with Gasteiger partial charge in [0, 0.05) is 38.9 Å². The Morgan fingerprint density at radius 1 is 1.28 bits per heavy atom. The molecular weight excluding hydrogens is 224 g/mol. The zero-order chi connectivity index (χ0) is 12.5. The van der Waals surface area contributed by atoms with Crippen LogP contribution in [0.4, 0.5) is 0 Å². The molecule has 96 valence electrons. The summed E-state index contributed by atoms with van der Waals surface area (Å²) in [7, 11) is 0. The van der Waals surface area contributed by atoms with Crippen LogP contribution in [0.2, 0.25) is 0 Å². The molecule has 0 radical (unpaired) electrons. The Hall–Kier alpha value is -1.39. The fraction of sp³-hybridized carbons (Fsp3) is 0.500. The molecule has 1 aliphatic rings. The molecule has 4 heteroatoms. The lowest BCUT2D eigenvalue weighted by atomic mass is 10.2. The van der Waals surface area contributed by atoms with Gasteiger partial charge in [0.2, 0.25) is 0 Å². The Bertz CT molecular complexity index is 552. The molecule has 0 amide bonds. The van der Waals surface area contributed by atoms with Crippen LogP contribution in [0.15, 0.2) is 18.3 Å². The Morgan fingerprint density at radius 3 is 2.83 bits per heavy atom. The SMILES string of the molecule is Cc1nc2c(C)cccn2c1CN1CCNCC1. The monoisotopic (exact) mass is 244 g/mol. The van der Waals surface area contributed by atoms with E-state index in [1.165, 1.54) is 11.3 Å². The van der Waals surface area contributed by atoms with E-state index in [0.29, 0.717) is 0 Å². The van der Waals surface area contributed by atoms with Crippen LogP contribution in [0.1, 0.15) is 17.0 Å². The first-order chi connectivity index (χ1) is 8.75. The van der Waals surface area contributed by atoms with Gasteiger partial charge in [-0.15, -0.1) is 0 Å². The maximum atomic E-state index is 4.70. The topological polar surface area (TPSA) is 32.6 Å². The lowest BCUT2D eigenvalue weighted by Gasteiger charge is -2.27. The molecule has 1 aliphatic heterocycles. The minimum absolute atomic E-state index is 0.998. The number of imidazole rings is 1.